The fourth-order valence-corrected chi connectivity index (χ4v) is 3.36. The molecule has 1 unspecified atom stereocenters. The molecule has 1 atom stereocenters. The van der Waals surface area contributed by atoms with Crippen molar-refractivity contribution in [2.75, 3.05) is 18.1 Å². The summed E-state index contributed by atoms with van der Waals surface area (Å²) in [7, 11) is 0. The molecule has 0 aliphatic carbocycles. The highest BCUT2D eigenvalue weighted by atomic mass is 16.5. The number of fused-ring (bicyclic) bond motifs is 4. The van der Waals surface area contributed by atoms with Crippen LogP contribution < -0.4 is 9.64 Å². The lowest BCUT2D eigenvalue weighted by molar-refractivity contribution is -0.122. The van der Waals surface area contributed by atoms with Crippen LogP contribution in [0, 0.1) is 11.3 Å². The normalized spacial score (nSPS) is 21.9. The molecule has 0 N–H and O–H groups in total. The number of ether oxygens (including phenoxy) is 1. The highest BCUT2D eigenvalue weighted by molar-refractivity contribution is 6.11. The number of amides is 1. The summed E-state index contributed by atoms with van der Waals surface area (Å²) >= 11 is 0. The van der Waals surface area contributed by atoms with Gasteiger partial charge in [0.05, 0.1) is 6.07 Å². The van der Waals surface area contributed by atoms with Crippen molar-refractivity contribution in [1.82, 2.24) is 0 Å². The van der Waals surface area contributed by atoms with Crippen LogP contribution in [0.5, 0.6) is 5.75 Å². The fourth-order valence-electron chi connectivity index (χ4n) is 3.36. The minimum absolute atomic E-state index is 0.0553. The summed E-state index contributed by atoms with van der Waals surface area (Å²) < 4.78 is 5.76. The maximum atomic E-state index is 13.0. The van der Waals surface area contributed by atoms with Crippen molar-refractivity contribution < 1.29 is 9.53 Å². The summed E-state index contributed by atoms with van der Waals surface area (Å²) in [6, 6.07) is 17.4. The Labute approximate surface area is 122 Å². The maximum absolute atomic E-state index is 13.0. The van der Waals surface area contributed by atoms with Crippen LogP contribution in [-0.4, -0.2) is 19.1 Å². The van der Waals surface area contributed by atoms with E-state index in [2.05, 4.69) is 6.07 Å². The Morgan fingerprint density at radius 3 is 2.67 bits per heavy atom. The van der Waals surface area contributed by atoms with Crippen LogP contribution in [0.3, 0.4) is 0 Å². The van der Waals surface area contributed by atoms with Gasteiger partial charge in [0, 0.05) is 11.3 Å². The number of hydrogen-bond acceptors (Lipinski definition) is 3. The molecule has 0 bridgehead atoms. The Bertz CT molecular complexity index is 793. The third-order valence-electron chi connectivity index (χ3n) is 4.28. The van der Waals surface area contributed by atoms with Gasteiger partial charge in [-0.1, -0.05) is 36.4 Å². The third-order valence-corrected chi connectivity index (χ3v) is 4.28. The molecule has 2 aliphatic heterocycles. The molecule has 0 fully saturated rings. The van der Waals surface area contributed by atoms with Gasteiger partial charge in [-0.05, 0) is 17.7 Å². The first-order chi connectivity index (χ1) is 10.3. The molecule has 1 amide bonds. The van der Waals surface area contributed by atoms with Crippen LogP contribution in [0.2, 0.25) is 0 Å². The van der Waals surface area contributed by atoms with E-state index in [1.54, 1.807) is 4.90 Å². The largest absolute Gasteiger partial charge is 0.491 e. The summed E-state index contributed by atoms with van der Waals surface area (Å²) in [6.45, 7) is 0.351. The first-order valence-electron chi connectivity index (χ1n) is 6.80. The number of hydrogen-bond donors (Lipinski definition) is 0. The third kappa shape index (κ3) is 1.35. The first-order valence-corrected chi connectivity index (χ1v) is 6.80. The van der Waals surface area contributed by atoms with Crippen molar-refractivity contribution in [3.63, 3.8) is 0 Å². The average molecular weight is 276 g/mol. The molecule has 1 spiro atoms. The Balaban J connectivity index is 2.00. The second-order valence-electron chi connectivity index (χ2n) is 5.26. The lowest BCUT2D eigenvalue weighted by Crippen LogP contribution is -2.42. The van der Waals surface area contributed by atoms with Gasteiger partial charge in [-0.2, -0.15) is 5.26 Å². The second kappa shape index (κ2) is 4.10. The Kier molecular flexibility index (Phi) is 2.34. The van der Waals surface area contributed by atoms with E-state index in [0.717, 1.165) is 22.6 Å². The standard InChI is InChI=1S/C17H12N2O2/c18-9-10-19-14-7-3-1-5-12(14)17(16(19)20)11-21-15-8-4-2-6-13(15)17/h1-8H,10-11H2. The SMILES string of the molecule is N#CCN1C(=O)C2(COc3ccccc32)c2ccccc21. The zero-order valence-electron chi connectivity index (χ0n) is 11.2. The molecule has 0 saturated heterocycles. The lowest BCUT2D eigenvalue weighted by atomic mass is 9.77. The zero-order chi connectivity index (χ0) is 14.4. The Hall–Kier alpha value is -2.80. The molecule has 102 valence electrons. The monoisotopic (exact) mass is 276 g/mol. The zero-order valence-corrected chi connectivity index (χ0v) is 11.2. The van der Waals surface area contributed by atoms with Crippen LogP contribution in [0.4, 0.5) is 5.69 Å². The number of nitriles is 1. The van der Waals surface area contributed by atoms with Crippen molar-refractivity contribution >= 4 is 11.6 Å². The maximum Gasteiger partial charge on any atom is 0.246 e. The number of para-hydroxylation sites is 2. The van der Waals surface area contributed by atoms with Crippen LogP contribution >= 0.6 is 0 Å². The van der Waals surface area contributed by atoms with Crippen LogP contribution in [0.25, 0.3) is 0 Å². The topological polar surface area (TPSA) is 53.3 Å². The van der Waals surface area contributed by atoms with Crippen LogP contribution in [-0.2, 0) is 10.2 Å². The molecular weight excluding hydrogens is 264 g/mol. The molecule has 0 aromatic heterocycles. The molecular formula is C17H12N2O2. The van der Waals surface area contributed by atoms with Crippen molar-refractivity contribution in [2.45, 2.75) is 5.41 Å². The lowest BCUT2D eigenvalue weighted by Gasteiger charge is -2.21. The highest BCUT2D eigenvalue weighted by Gasteiger charge is 2.56. The van der Waals surface area contributed by atoms with Gasteiger partial charge in [0.25, 0.3) is 0 Å². The van der Waals surface area contributed by atoms with Gasteiger partial charge in [-0.25, -0.2) is 0 Å². The number of nitrogens with zero attached hydrogens (tertiary/aromatic N) is 2. The molecule has 4 heteroatoms. The van der Waals surface area contributed by atoms with Gasteiger partial charge in [0.15, 0.2) is 0 Å². The molecule has 4 rings (SSSR count). The van der Waals surface area contributed by atoms with Gasteiger partial charge in [-0.3, -0.25) is 9.69 Å². The van der Waals surface area contributed by atoms with E-state index in [1.807, 2.05) is 48.5 Å². The van der Waals surface area contributed by atoms with E-state index in [1.165, 1.54) is 0 Å². The van der Waals surface area contributed by atoms with Gasteiger partial charge >= 0.3 is 0 Å². The highest BCUT2D eigenvalue weighted by Crippen LogP contribution is 2.51. The summed E-state index contributed by atoms with van der Waals surface area (Å²) in [5, 5.41) is 9.02. The molecule has 2 aromatic carbocycles. The predicted octanol–water partition coefficient (Wildman–Crippen LogP) is 2.24. The van der Waals surface area contributed by atoms with E-state index in [-0.39, 0.29) is 12.5 Å². The van der Waals surface area contributed by atoms with Crippen molar-refractivity contribution in [3.8, 4) is 11.8 Å². The van der Waals surface area contributed by atoms with E-state index >= 15 is 0 Å². The Morgan fingerprint density at radius 2 is 1.86 bits per heavy atom. The van der Waals surface area contributed by atoms with E-state index in [9.17, 15) is 4.79 Å². The summed E-state index contributed by atoms with van der Waals surface area (Å²) in [4.78, 5) is 14.6. The molecule has 0 saturated carbocycles. The molecule has 21 heavy (non-hydrogen) atoms. The van der Waals surface area contributed by atoms with Crippen molar-refractivity contribution in [1.29, 1.82) is 5.26 Å². The van der Waals surface area contributed by atoms with Gasteiger partial charge in [0.1, 0.15) is 24.3 Å². The smallest absolute Gasteiger partial charge is 0.246 e. The van der Waals surface area contributed by atoms with Crippen molar-refractivity contribution in [2.24, 2.45) is 0 Å². The van der Waals surface area contributed by atoms with Crippen LogP contribution in [0.1, 0.15) is 11.1 Å². The first kappa shape index (κ1) is 12.0. The summed E-state index contributed by atoms with van der Waals surface area (Å²) in [5.74, 6) is 0.676. The molecule has 4 nitrogen and oxygen atoms in total. The van der Waals surface area contributed by atoms with Crippen molar-refractivity contribution in [3.05, 3.63) is 59.7 Å². The summed E-state index contributed by atoms with van der Waals surface area (Å²) in [6.07, 6.45) is 0. The predicted molar refractivity (Wildman–Crippen MR) is 77.1 cm³/mol. The fraction of sp³-hybridized carbons (Fsp3) is 0.176. The van der Waals surface area contributed by atoms with E-state index in [4.69, 9.17) is 10.00 Å². The molecule has 2 aliphatic rings. The number of rotatable bonds is 1. The minimum Gasteiger partial charge on any atom is -0.491 e. The molecule has 2 aromatic rings. The van der Waals surface area contributed by atoms with Gasteiger partial charge in [0.2, 0.25) is 5.91 Å². The van der Waals surface area contributed by atoms with Gasteiger partial charge < -0.3 is 4.74 Å². The molecule has 2 heterocycles. The quantitative estimate of drug-likeness (QED) is 0.751. The number of benzene rings is 2. The molecule has 0 radical (unpaired) electrons. The minimum atomic E-state index is -0.802. The average Bonchev–Trinajstić information content (AvgIpc) is 3.02. The van der Waals surface area contributed by atoms with E-state index in [0.29, 0.717) is 6.61 Å². The number of anilines is 1. The van der Waals surface area contributed by atoms with Gasteiger partial charge in [-0.15, -0.1) is 0 Å². The number of carbonyl (C=O) groups excluding carboxylic acids is 1. The number of carbonyl (C=O) groups is 1. The Morgan fingerprint density at radius 1 is 1.14 bits per heavy atom. The second-order valence-corrected chi connectivity index (χ2v) is 5.26. The van der Waals surface area contributed by atoms with E-state index < -0.39 is 5.41 Å². The van der Waals surface area contributed by atoms with Crippen LogP contribution in [0.15, 0.2) is 48.5 Å². The summed E-state index contributed by atoms with van der Waals surface area (Å²) in [5.41, 5.74) is 1.83.